The summed E-state index contributed by atoms with van der Waals surface area (Å²) in [6.07, 6.45) is 0. The van der Waals surface area contributed by atoms with E-state index in [9.17, 15) is 9.59 Å². The second-order valence-corrected chi connectivity index (χ2v) is 5.86. The number of nitrogens with one attached hydrogen (secondary N) is 2. The van der Waals surface area contributed by atoms with Crippen LogP contribution in [0.5, 0.6) is 0 Å². The van der Waals surface area contributed by atoms with Gasteiger partial charge in [-0.1, -0.05) is 23.8 Å². The quantitative estimate of drug-likeness (QED) is 0.834. The first kappa shape index (κ1) is 16.1. The van der Waals surface area contributed by atoms with E-state index in [1.807, 2.05) is 31.2 Å². The van der Waals surface area contributed by atoms with Gasteiger partial charge in [-0.2, -0.15) is 0 Å². The van der Waals surface area contributed by atoms with Crippen LogP contribution < -0.4 is 10.6 Å². The second-order valence-electron chi connectivity index (χ2n) is 4.81. The Labute approximate surface area is 134 Å². The highest BCUT2D eigenvalue weighted by atomic mass is 32.2. The van der Waals surface area contributed by atoms with Crippen molar-refractivity contribution in [3.05, 3.63) is 59.7 Å². The molecule has 0 saturated carbocycles. The van der Waals surface area contributed by atoms with Crippen molar-refractivity contribution in [3.63, 3.8) is 0 Å². The maximum absolute atomic E-state index is 12.0. The van der Waals surface area contributed by atoms with E-state index in [1.165, 1.54) is 17.3 Å². The number of benzene rings is 2. The summed E-state index contributed by atoms with van der Waals surface area (Å²) in [5.74, 6) is 0.0533. The van der Waals surface area contributed by atoms with Crippen LogP contribution in [0.25, 0.3) is 0 Å². The number of hydrogen-bond donors (Lipinski definition) is 2. The van der Waals surface area contributed by atoms with Crippen molar-refractivity contribution in [2.45, 2.75) is 11.8 Å². The van der Waals surface area contributed by atoms with Gasteiger partial charge in [0.15, 0.2) is 0 Å². The summed E-state index contributed by atoms with van der Waals surface area (Å²) in [7, 11) is 1.58. The van der Waals surface area contributed by atoms with E-state index in [0.29, 0.717) is 17.0 Å². The molecule has 2 amide bonds. The van der Waals surface area contributed by atoms with Crippen LogP contribution in [0, 0.1) is 6.92 Å². The van der Waals surface area contributed by atoms with Crippen molar-refractivity contribution in [3.8, 4) is 0 Å². The Bertz CT molecular complexity index is 669. The average Bonchev–Trinajstić information content (AvgIpc) is 2.54. The first-order valence-corrected chi connectivity index (χ1v) is 7.88. The van der Waals surface area contributed by atoms with Crippen LogP contribution >= 0.6 is 11.8 Å². The smallest absolute Gasteiger partial charge is 0.251 e. The zero-order valence-electron chi connectivity index (χ0n) is 12.6. The Morgan fingerprint density at radius 1 is 1.09 bits per heavy atom. The van der Waals surface area contributed by atoms with Crippen LogP contribution in [0.15, 0.2) is 53.4 Å². The zero-order chi connectivity index (χ0) is 15.9. The summed E-state index contributed by atoms with van der Waals surface area (Å²) in [6.45, 7) is 2.03. The van der Waals surface area contributed by atoms with Crippen LogP contribution in [0.1, 0.15) is 15.9 Å². The Hall–Kier alpha value is -2.27. The number of hydrogen-bond acceptors (Lipinski definition) is 3. The molecule has 0 aliphatic heterocycles. The molecule has 2 aromatic rings. The standard InChI is InChI=1S/C17H18N2O2S/c1-12-6-8-15(9-7-12)22-11-16(20)19-14-5-3-4-13(10-14)17(21)18-2/h3-10H,11H2,1-2H3,(H,18,21)(H,19,20). The molecular weight excluding hydrogens is 296 g/mol. The molecule has 0 aliphatic carbocycles. The summed E-state index contributed by atoms with van der Waals surface area (Å²) in [6, 6.07) is 14.9. The predicted molar refractivity (Wildman–Crippen MR) is 90.4 cm³/mol. The number of amides is 2. The number of aryl methyl sites for hydroxylation is 1. The van der Waals surface area contributed by atoms with Gasteiger partial charge >= 0.3 is 0 Å². The number of thioether (sulfide) groups is 1. The molecule has 2 N–H and O–H groups in total. The maximum Gasteiger partial charge on any atom is 0.251 e. The third-order valence-corrected chi connectivity index (χ3v) is 4.04. The van der Waals surface area contributed by atoms with Gasteiger partial charge in [0.1, 0.15) is 0 Å². The molecule has 0 spiro atoms. The van der Waals surface area contributed by atoms with E-state index < -0.39 is 0 Å². The molecular formula is C17H18N2O2S. The molecule has 0 heterocycles. The molecule has 0 radical (unpaired) electrons. The van der Waals surface area contributed by atoms with Crippen LogP contribution in [-0.2, 0) is 4.79 Å². The minimum Gasteiger partial charge on any atom is -0.355 e. The fourth-order valence-corrected chi connectivity index (χ4v) is 2.56. The third-order valence-electron chi connectivity index (χ3n) is 3.03. The Morgan fingerprint density at radius 2 is 1.82 bits per heavy atom. The molecule has 0 atom stereocenters. The molecule has 114 valence electrons. The van der Waals surface area contributed by atoms with Gasteiger partial charge in [-0.25, -0.2) is 0 Å². The van der Waals surface area contributed by atoms with E-state index in [2.05, 4.69) is 10.6 Å². The minimum atomic E-state index is -0.176. The highest BCUT2D eigenvalue weighted by Gasteiger charge is 2.07. The van der Waals surface area contributed by atoms with E-state index in [4.69, 9.17) is 0 Å². The van der Waals surface area contributed by atoms with Crippen molar-refractivity contribution < 1.29 is 9.59 Å². The number of carbonyl (C=O) groups is 2. The lowest BCUT2D eigenvalue weighted by atomic mass is 10.2. The molecule has 0 fully saturated rings. The summed E-state index contributed by atoms with van der Waals surface area (Å²) < 4.78 is 0. The summed E-state index contributed by atoms with van der Waals surface area (Å²) in [5.41, 5.74) is 2.34. The van der Waals surface area contributed by atoms with Gasteiger partial charge in [-0.05, 0) is 37.3 Å². The number of anilines is 1. The van der Waals surface area contributed by atoms with Gasteiger partial charge in [0, 0.05) is 23.2 Å². The highest BCUT2D eigenvalue weighted by molar-refractivity contribution is 8.00. The minimum absolute atomic E-state index is 0.0976. The van der Waals surface area contributed by atoms with Gasteiger partial charge in [0.25, 0.3) is 5.91 Å². The third kappa shape index (κ3) is 4.63. The number of carbonyl (C=O) groups excluding carboxylic acids is 2. The Balaban J connectivity index is 1.91. The van der Waals surface area contributed by atoms with Crippen molar-refractivity contribution in [2.75, 3.05) is 18.1 Å². The number of rotatable bonds is 5. The normalized spacial score (nSPS) is 10.1. The first-order valence-electron chi connectivity index (χ1n) is 6.90. The molecule has 2 rings (SSSR count). The topological polar surface area (TPSA) is 58.2 Å². The molecule has 2 aromatic carbocycles. The van der Waals surface area contributed by atoms with Crippen LogP contribution in [-0.4, -0.2) is 24.6 Å². The maximum atomic E-state index is 12.0. The SMILES string of the molecule is CNC(=O)c1cccc(NC(=O)CSc2ccc(C)cc2)c1. The fourth-order valence-electron chi connectivity index (χ4n) is 1.86. The molecule has 0 unspecified atom stereocenters. The second kappa shape index (κ2) is 7.66. The average molecular weight is 314 g/mol. The van der Waals surface area contributed by atoms with Crippen LogP contribution in [0.3, 0.4) is 0 Å². The van der Waals surface area contributed by atoms with Gasteiger partial charge in [-0.15, -0.1) is 11.8 Å². The van der Waals surface area contributed by atoms with Crippen molar-refractivity contribution >= 4 is 29.3 Å². The van der Waals surface area contributed by atoms with Crippen molar-refractivity contribution in [1.29, 1.82) is 0 Å². The lowest BCUT2D eigenvalue weighted by molar-refractivity contribution is -0.113. The Morgan fingerprint density at radius 3 is 2.50 bits per heavy atom. The van der Waals surface area contributed by atoms with Gasteiger partial charge < -0.3 is 10.6 Å². The van der Waals surface area contributed by atoms with Crippen molar-refractivity contribution in [1.82, 2.24) is 5.32 Å². The largest absolute Gasteiger partial charge is 0.355 e. The zero-order valence-corrected chi connectivity index (χ0v) is 13.4. The highest BCUT2D eigenvalue weighted by Crippen LogP contribution is 2.19. The molecule has 5 heteroatoms. The van der Waals surface area contributed by atoms with Crippen molar-refractivity contribution in [2.24, 2.45) is 0 Å². The molecule has 4 nitrogen and oxygen atoms in total. The fraction of sp³-hybridized carbons (Fsp3) is 0.176. The molecule has 0 aromatic heterocycles. The Kier molecular flexibility index (Phi) is 5.61. The molecule has 0 saturated heterocycles. The monoisotopic (exact) mass is 314 g/mol. The molecule has 0 bridgehead atoms. The van der Waals surface area contributed by atoms with Crippen LogP contribution in [0.4, 0.5) is 5.69 Å². The summed E-state index contributed by atoms with van der Waals surface area (Å²) in [4.78, 5) is 24.6. The van der Waals surface area contributed by atoms with Gasteiger partial charge in [0.05, 0.1) is 5.75 Å². The first-order chi connectivity index (χ1) is 10.6. The summed E-state index contributed by atoms with van der Waals surface area (Å²) >= 11 is 1.48. The van der Waals surface area contributed by atoms with Gasteiger partial charge in [-0.3, -0.25) is 9.59 Å². The lowest BCUT2D eigenvalue weighted by Crippen LogP contribution is -2.18. The lowest BCUT2D eigenvalue weighted by Gasteiger charge is -2.07. The summed E-state index contributed by atoms with van der Waals surface area (Å²) in [5, 5.41) is 5.36. The molecule has 0 aliphatic rings. The van der Waals surface area contributed by atoms with E-state index in [0.717, 1.165) is 4.90 Å². The molecule has 22 heavy (non-hydrogen) atoms. The predicted octanol–water partition coefficient (Wildman–Crippen LogP) is 3.09. The van der Waals surface area contributed by atoms with Gasteiger partial charge in [0.2, 0.25) is 5.91 Å². The van der Waals surface area contributed by atoms with E-state index in [1.54, 1.807) is 31.3 Å². The van der Waals surface area contributed by atoms with E-state index in [-0.39, 0.29) is 11.8 Å². The van der Waals surface area contributed by atoms with Crippen LogP contribution in [0.2, 0.25) is 0 Å². The van der Waals surface area contributed by atoms with E-state index >= 15 is 0 Å².